The molecule has 0 unspecified atom stereocenters. The fourth-order valence-electron chi connectivity index (χ4n) is 13.1. The van der Waals surface area contributed by atoms with Crippen LogP contribution in [0.5, 0.6) is 0 Å². The van der Waals surface area contributed by atoms with Crippen molar-refractivity contribution < 1.29 is 8.78 Å². The van der Waals surface area contributed by atoms with Gasteiger partial charge in [0.15, 0.2) is 0 Å². The van der Waals surface area contributed by atoms with Crippen LogP contribution in [0.25, 0.3) is 76.8 Å². The van der Waals surface area contributed by atoms with Crippen molar-refractivity contribution >= 4 is 66.4 Å². The van der Waals surface area contributed by atoms with Gasteiger partial charge in [-0.25, -0.2) is 8.78 Å². The lowest BCUT2D eigenvalue weighted by atomic mass is 9.76. The number of hydrogen-bond acceptors (Lipinski definition) is 2. The van der Waals surface area contributed by atoms with Crippen molar-refractivity contribution in [1.29, 1.82) is 0 Å². The van der Waals surface area contributed by atoms with Gasteiger partial charge in [-0.05, 0) is 199 Å². The normalized spacial score (nSPS) is 13.6. The van der Waals surface area contributed by atoms with Gasteiger partial charge in [-0.1, -0.05) is 172 Å². The lowest BCUT2D eigenvalue weighted by molar-refractivity contribution is 0.627. The summed E-state index contributed by atoms with van der Waals surface area (Å²) >= 11 is 0. The molecule has 0 radical (unpaired) electrons. The zero-order chi connectivity index (χ0) is 53.2. The molecule has 0 aromatic heterocycles. The van der Waals surface area contributed by atoms with Gasteiger partial charge in [0.1, 0.15) is 11.6 Å². The van der Waals surface area contributed by atoms with Crippen LogP contribution in [0.3, 0.4) is 0 Å². The molecule has 0 heterocycles. The highest BCUT2D eigenvalue weighted by molar-refractivity contribution is 6.17. The lowest BCUT2D eigenvalue weighted by Gasteiger charge is -2.29. The minimum atomic E-state index is -0.479. The Morgan fingerprint density at radius 1 is 0.308 bits per heavy atom. The molecule has 78 heavy (non-hydrogen) atoms. The summed E-state index contributed by atoms with van der Waals surface area (Å²) in [6.45, 7) is 13.6. The van der Waals surface area contributed by atoms with Gasteiger partial charge in [-0.15, -0.1) is 0 Å². The molecule has 14 rings (SSSR count). The molecule has 12 aromatic rings. The first kappa shape index (κ1) is 47.3. The molecule has 4 heteroatoms. The highest BCUT2D eigenvalue weighted by Gasteiger charge is 2.43. The standard InChI is InChI=1S/C74H56F2N2/c1-45-21-33-53(34-22-45)77(67-19-11-15-47-13-7-9-17-57(47)67)55-37-39-59-63(41-55)73(3,4)65-43-61-62(69(71(59)65)49-25-29-51(75)30-26-49)44-66-72(70(61)50-27-31-52(76)32-28-50)60-40-38-56(42-64(60)74(66,5)6)78(54-35-23-46(2)24-36-54)68-20-12-16-48-14-8-10-18-58(48)68/h7-44H,1-6H3. The van der Waals surface area contributed by atoms with E-state index >= 15 is 8.78 Å². The first-order valence-electron chi connectivity index (χ1n) is 27.0. The van der Waals surface area contributed by atoms with Crippen LogP contribution in [0.1, 0.15) is 61.1 Å². The monoisotopic (exact) mass is 1010 g/mol. The van der Waals surface area contributed by atoms with Crippen LogP contribution in [-0.4, -0.2) is 0 Å². The summed E-state index contributed by atoms with van der Waals surface area (Å²) in [7, 11) is 0. The van der Waals surface area contributed by atoms with Gasteiger partial charge in [-0.3, -0.25) is 0 Å². The molecule has 0 spiro atoms. The van der Waals surface area contributed by atoms with E-state index in [-0.39, 0.29) is 11.6 Å². The average Bonchev–Trinajstić information content (AvgIpc) is 3.71. The molecule has 0 N–H and O–H groups in total. The van der Waals surface area contributed by atoms with Crippen molar-refractivity contribution in [2.24, 2.45) is 0 Å². The smallest absolute Gasteiger partial charge is 0.123 e. The molecular formula is C74H56F2N2. The second kappa shape index (κ2) is 17.7. The maximum atomic E-state index is 15.2. The summed E-state index contributed by atoms with van der Waals surface area (Å²) in [4.78, 5) is 4.78. The SMILES string of the molecule is Cc1ccc(N(c2ccc3c(c2)C(C)(C)c2cc4c(-c5ccc(F)cc5)c5c(cc4c(-c4ccc(F)cc4)c2-3)C(C)(C)c2cc(N(c3ccc(C)cc3)c3cccc4ccccc34)ccc2-5)c2cccc3ccccc23)cc1. The van der Waals surface area contributed by atoms with Crippen LogP contribution in [0.2, 0.25) is 0 Å². The van der Waals surface area contributed by atoms with Crippen molar-refractivity contribution in [2.75, 3.05) is 9.80 Å². The molecule has 0 aliphatic heterocycles. The number of benzene rings is 12. The number of aryl methyl sites for hydroxylation is 2. The highest BCUT2D eigenvalue weighted by atomic mass is 19.1. The summed E-state index contributed by atoms with van der Waals surface area (Å²) in [5.74, 6) is -0.566. The van der Waals surface area contributed by atoms with Gasteiger partial charge in [0.2, 0.25) is 0 Å². The average molecular weight is 1010 g/mol. The first-order valence-corrected chi connectivity index (χ1v) is 27.0. The third-order valence-corrected chi connectivity index (χ3v) is 17.1. The molecule has 2 aliphatic carbocycles. The lowest BCUT2D eigenvalue weighted by Crippen LogP contribution is -2.17. The number of fused-ring (bicyclic) bond motifs is 9. The van der Waals surface area contributed by atoms with Gasteiger partial charge in [0.05, 0.1) is 11.4 Å². The second-order valence-electron chi connectivity index (χ2n) is 22.5. The molecule has 0 saturated heterocycles. The summed E-state index contributed by atoms with van der Waals surface area (Å²) in [5.41, 5.74) is 21.3. The number of anilines is 6. The topological polar surface area (TPSA) is 6.48 Å². The van der Waals surface area contributed by atoms with E-state index in [0.717, 1.165) is 89.4 Å². The maximum Gasteiger partial charge on any atom is 0.123 e. The minimum Gasteiger partial charge on any atom is -0.310 e. The third-order valence-electron chi connectivity index (χ3n) is 17.1. The molecule has 376 valence electrons. The van der Waals surface area contributed by atoms with Crippen molar-refractivity contribution in [2.45, 2.75) is 52.4 Å². The number of rotatable bonds is 8. The van der Waals surface area contributed by atoms with Gasteiger partial charge in [-0.2, -0.15) is 0 Å². The van der Waals surface area contributed by atoms with E-state index in [1.165, 1.54) is 54.9 Å². The van der Waals surface area contributed by atoms with E-state index < -0.39 is 10.8 Å². The number of halogens is 2. The molecule has 2 nitrogen and oxygen atoms in total. The van der Waals surface area contributed by atoms with Crippen LogP contribution in [0.4, 0.5) is 42.9 Å². The summed E-state index contributed by atoms with van der Waals surface area (Å²) in [6, 6.07) is 80.8. The number of nitrogens with zero attached hydrogens (tertiary/aromatic N) is 2. The predicted octanol–water partition coefficient (Wildman–Crippen LogP) is 20.9. The summed E-state index contributed by atoms with van der Waals surface area (Å²) in [5, 5.41) is 6.84. The molecule has 2 aliphatic rings. The molecule has 0 saturated carbocycles. The van der Waals surface area contributed by atoms with Crippen LogP contribution >= 0.6 is 0 Å². The van der Waals surface area contributed by atoms with Crippen molar-refractivity contribution in [3.05, 3.63) is 276 Å². The fourth-order valence-corrected chi connectivity index (χ4v) is 13.1. The molecule has 0 amide bonds. The Kier molecular flexibility index (Phi) is 10.8. The van der Waals surface area contributed by atoms with E-state index in [1.807, 2.05) is 24.3 Å². The van der Waals surface area contributed by atoms with Gasteiger partial charge >= 0.3 is 0 Å². The van der Waals surface area contributed by atoms with E-state index in [0.29, 0.717) is 0 Å². The Morgan fingerprint density at radius 2 is 0.667 bits per heavy atom. The van der Waals surface area contributed by atoms with Gasteiger partial charge in [0.25, 0.3) is 0 Å². The Hall–Kier alpha value is -9.12. The highest BCUT2D eigenvalue weighted by Crippen LogP contribution is 2.61. The number of hydrogen-bond donors (Lipinski definition) is 0. The fraction of sp³-hybridized carbons (Fsp3) is 0.108. The zero-order valence-electron chi connectivity index (χ0n) is 44.6. The van der Waals surface area contributed by atoms with Crippen LogP contribution in [0, 0.1) is 25.5 Å². The van der Waals surface area contributed by atoms with Crippen molar-refractivity contribution in [1.82, 2.24) is 0 Å². The quantitative estimate of drug-likeness (QED) is 0.150. The molecular weight excluding hydrogens is 955 g/mol. The molecule has 0 atom stereocenters. The maximum absolute atomic E-state index is 15.2. The Balaban J connectivity index is 1.02. The predicted molar refractivity (Wildman–Crippen MR) is 324 cm³/mol. The Labute approximate surface area is 455 Å². The first-order chi connectivity index (χ1) is 37.8. The molecule has 0 fully saturated rings. The van der Waals surface area contributed by atoms with Crippen LogP contribution in [-0.2, 0) is 10.8 Å². The summed E-state index contributed by atoms with van der Waals surface area (Å²) < 4.78 is 30.4. The van der Waals surface area contributed by atoms with Crippen molar-refractivity contribution in [3.63, 3.8) is 0 Å². The third kappa shape index (κ3) is 7.34. The molecule has 12 aromatic carbocycles. The Bertz CT molecular complexity index is 4100. The summed E-state index contributed by atoms with van der Waals surface area (Å²) in [6.07, 6.45) is 0. The van der Waals surface area contributed by atoms with Crippen LogP contribution < -0.4 is 9.80 Å². The minimum absolute atomic E-state index is 0.283. The van der Waals surface area contributed by atoms with Gasteiger partial charge < -0.3 is 9.80 Å². The van der Waals surface area contributed by atoms with Crippen LogP contribution in [0.15, 0.2) is 231 Å². The second-order valence-corrected chi connectivity index (χ2v) is 22.5. The Morgan fingerprint density at radius 3 is 1.06 bits per heavy atom. The molecule has 0 bridgehead atoms. The zero-order valence-corrected chi connectivity index (χ0v) is 44.6. The van der Waals surface area contributed by atoms with Crippen molar-refractivity contribution in [3.8, 4) is 44.5 Å². The van der Waals surface area contributed by atoms with Gasteiger partial charge in [0, 0.05) is 44.4 Å². The van der Waals surface area contributed by atoms with E-state index in [9.17, 15) is 0 Å². The largest absolute Gasteiger partial charge is 0.310 e. The van der Waals surface area contributed by atoms with E-state index in [1.54, 1.807) is 24.3 Å². The van der Waals surface area contributed by atoms with E-state index in [4.69, 9.17) is 0 Å². The van der Waals surface area contributed by atoms with E-state index in [2.05, 4.69) is 233 Å².